The fourth-order valence-electron chi connectivity index (χ4n) is 3.72. The highest BCUT2D eigenvalue weighted by atomic mass is 79.9. The molecule has 0 aliphatic heterocycles. The van der Waals surface area contributed by atoms with Gasteiger partial charge in [-0.2, -0.15) is 0 Å². The van der Waals surface area contributed by atoms with E-state index in [-0.39, 0.29) is 5.60 Å². The fraction of sp³-hybridized carbons (Fsp3) is 1.00. The van der Waals surface area contributed by atoms with E-state index in [1.807, 2.05) is 0 Å². The first-order chi connectivity index (χ1) is 8.78. The minimum Gasteiger partial charge on any atom is -0.371 e. The van der Waals surface area contributed by atoms with E-state index in [2.05, 4.69) is 22.9 Å². The molecular weight excluding hydrogens is 288 g/mol. The van der Waals surface area contributed by atoms with Crippen molar-refractivity contribution in [2.45, 2.75) is 89.3 Å². The van der Waals surface area contributed by atoms with Crippen molar-refractivity contribution >= 4 is 15.9 Å². The molecule has 0 atom stereocenters. The van der Waals surface area contributed by atoms with Crippen molar-refractivity contribution in [3.8, 4) is 0 Å². The van der Waals surface area contributed by atoms with Gasteiger partial charge in [0.25, 0.3) is 0 Å². The Labute approximate surface area is 121 Å². The molecule has 2 aliphatic carbocycles. The van der Waals surface area contributed by atoms with Crippen molar-refractivity contribution in [1.29, 1.82) is 0 Å². The van der Waals surface area contributed by atoms with Crippen LogP contribution in [-0.2, 0) is 4.74 Å². The summed E-state index contributed by atoms with van der Waals surface area (Å²) < 4.78 is 6.55. The van der Waals surface area contributed by atoms with Crippen LogP contribution >= 0.6 is 15.9 Å². The quantitative estimate of drug-likeness (QED) is 0.612. The second-order valence-electron chi connectivity index (χ2n) is 6.43. The molecule has 2 heteroatoms. The summed E-state index contributed by atoms with van der Waals surface area (Å²) in [6.07, 6.45) is 15.4. The second-order valence-corrected chi connectivity index (χ2v) is 6.99. The third-order valence-corrected chi connectivity index (χ3v) is 5.95. The van der Waals surface area contributed by atoms with Crippen LogP contribution in [0.3, 0.4) is 0 Å². The van der Waals surface area contributed by atoms with Gasteiger partial charge >= 0.3 is 0 Å². The molecule has 2 saturated carbocycles. The van der Waals surface area contributed by atoms with Gasteiger partial charge in [-0.3, -0.25) is 0 Å². The Morgan fingerprint density at radius 3 is 2.28 bits per heavy atom. The third kappa shape index (κ3) is 3.96. The highest BCUT2D eigenvalue weighted by Gasteiger charge is 2.37. The molecule has 2 rings (SSSR count). The highest BCUT2D eigenvalue weighted by Crippen LogP contribution is 2.40. The van der Waals surface area contributed by atoms with E-state index in [1.165, 1.54) is 70.6 Å². The molecule has 0 aromatic heterocycles. The second kappa shape index (κ2) is 7.28. The minimum atomic E-state index is 0.173. The summed E-state index contributed by atoms with van der Waals surface area (Å²) in [6.45, 7) is 2.31. The van der Waals surface area contributed by atoms with Crippen molar-refractivity contribution in [1.82, 2.24) is 0 Å². The Bertz CT molecular complexity index is 227. The van der Waals surface area contributed by atoms with Gasteiger partial charge in [-0.25, -0.2) is 0 Å². The molecule has 1 nitrogen and oxygen atoms in total. The molecule has 106 valence electrons. The van der Waals surface area contributed by atoms with Crippen molar-refractivity contribution in [2.24, 2.45) is 5.92 Å². The monoisotopic (exact) mass is 316 g/mol. The molecule has 0 N–H and O–H groups in total. The van der Waals surface area contributed by atoms with Gasteiger partial charge in [-0.1, -0.05) is 55.0 Å². The molecule has 0 bridgehead atoms. The van der Waals surface area contributed by atoms with Crippen LogP contribution in [0.1, 0.15) is 77.6 Å². The maximum Gasteiger partial charge on any atom is 0.0782 e. The lowest BCUT2D eigenvalue weighted by atomic mass is 9.77. The Morgan fingerprint density at radius 2 is 1.72 bits per heavy atom. The fourth-order valence-corrected chi connectivity index (χ4v) is 4.41. The number of halogens is 1. The van der Waals surface area contributed by atoms with E-state index in [0.717, 1.165) is 11.2 Å². The molecule has 0 radical (unpaired) electrons. The van der Waals surface area contributed by atoms with Gasteiger partial charge in [-0.05, 0) is 44.4 Å². The normalized spacial score (nSPS) is 34.7. The standard InChI is InChI=1S/C16H29BrO/c1-2-6-14-9-11-16(13-17,12-10-14)18-15-7-4-3-5-8-15/h14-15H,2-13H2,1H3. The van der Waals surface area contributed by atoms with Crippen molar-refractivity contribution in [2.75, 3.05) is 5.33 Å². The van der Waals surface area contributed by atoms with Crippen LogP contribution in [0.2, 0.25) is 0 Å². The van der Waals surface area contributed by atoms with Crippen LogP contribution in [0.4, 0.5) is 0 Å². The van der Waals surface area contributed by atoms with Gasteiger partial charge in [0.2, 0.25) is 0 Å². The summed E-state index contributed by atoms with van der Waals surface area (Å²) >= 11 is 3.73. The van der Waals surface area contributed by atoms with Gasteiger partial charge < -0.3 is 4.74 Å². The Morgan fingerprint density at radius 1 is 1.06 bits per heavy atom. The summed E-state index contributed by atoms with van der Waals surface area (Å²) in [5, 5.41) is 1.04. The molecule has 2 aliphatic rings. The Kier molecular flexibility index (Phi) is 6.00. The number of alkyl halides is 1. The molecule has 0 spiro atoms. The van der Waals surface area contributed by atoms with Crippen LogP contribution in [-0.4, -0.2) is 17.0 Å². The van der Waals surface area contributed by atoms with E-state index < -0.39 is 0 Å². The first-order valence-corrected chi connectivity index (χ1v) is 9.14. The SMILES string of the molecule is CCCC1CCC(CBr)(OC2CCCCC2)CC1. The lowest BCUT2D eigenvalue weighted by Gasteiger charge is -2.42. The van der Waals surface area contributed by atoms with E-state index in [0.29, 0.717) is 6.10 Å². The first kappa shape index (κ1) is 14.8. The van der Waals surface area contributed by atoms with Gasteiger partial charge in [0.05, 0.1) is 11.7 Å². The Balaban J connectivity index is 1.83. The van der Waals surface area contributed by atoms with E-state index in [9.17, 15) is 0 Å². The molecule has 0 saturated heterocycles. The zero-order valence-electron chi connectivity index (χ0n) is 11.9. The molecule has 18 heavy (non-hydrogen) atoms. The Hall–Kier alpha value is 0.440. The lowest BCUT2D eigenvalue weighted by Crippen LogP contribution is -2.42. The molecule has 0 aromatic carbocycles. The van der Waals surface area contributed by atoms with Crippen molar-refractivity contribution < 1.29 is 4.74 Å². The topological polar surface area (TPSA) is 9.23 Å². The predicted octanol–water partition coefficient (Wildman–Crippen LogP) is 5.46. The van der Waals surface area contributed by atoms with Gasteiger partial charge in [0.1, 0.15) is 0 Å². The molecule has 0 unspecified atom stereocenters. The van der Waals surface area contributed by atoms with Crippen LogP contribution in [0, 0.1) is 5.92 Å². The molecule has 0 heterocycles. The first-order valence-electron chi connectivity index (χ1n) is 8.02. The summed E-state index contributed by atoms with van der Waals surface area (Å²) in [4.78, 5) is 0. The van der Waals surface area contributed by atoms with Crippen LogP contribution < -0.4 is 0 Å². The predicted molar refractivity (Wildman–Crippen MR) is 81.3 cm³/mol. The van der Waals surface area contributed by atoms with Crippen LogP contribution in [0.5, 0.6) is 0 Å². The smallest absolute Gasteiger partial charge is 0.0782 e. The maximum absolute atomic E-state index is 6.55. The number of hydrogen-bond acceptors (Lipinski definition) is 1. The van der Waals surface area contributed by atoms with Gasteiger partial charge in [-0.15, -0.1) is 0 Å². The molecule has 2 fully saturated rings. The van der Waals surface area contributed by atoms with Gasteiger partial charge in [0, 0.05) is 5.33 Å². The van der Waals surface area contributed by atoms with Crippen molar-refractivity contribution in [3.63, 3.8) is 0 Å². The van der Waals surface area contributed by atoms with Crippen LogP contribution in [0.25, 0.3) is 0 Å². The summed E-state index contributed by atoms with van der Waals surface area (Å²) in [5.74, 6) is 0.970. The largest absolute Gasteiger partial charge is 0.371 e. The summed E-state index contributed by atoms with van der Waals surface area (Å²) in [7, 11) is 0. The average molecular weight is 317 g/mol. The number of hydrogen-bond donors (Lipinski definition) is 0. The minimum absolute atomic E-state index is 0.173. The highest BCUT2D eigenvalue weighted by molar-refractivity contribution is 9.09. The summed E-state index contributed by atoms with van der Waals surface area (Å²) in [6, 6.07) is 0. The zero-order valence-corrected chi connectivity index (χ0v) is 13.5. The number of ether oxygens (including phenoxy) is 1. The van der Waals surface area contributed by atoms with E-state index in [1.54, 1.807) is 0 Å². The molecule has 0 aromatic rings. The van der Waals surface area contributed by atoms with E-state index in [4.69, 9.17) is 4.74 Å². The van der Waals surface area contributed by atoms with Crippen LogP contribution in [0.15, 0.2) is 0 Å². The number of rotatable bonds is 5. The lowest BCUT2D eigenvalue weighted by molar-refractivity contribution is -0.114. The average Bonchev–Trinajstić information content (AvgIpc) is 2.43. The van der Waals surface area contributed by atoms with Gasteiger partial charge in [0.15, 0.2) is 0 Å². The molecule has 0 amide bonds. The molecular formula is C16H29BrO. The third-order valence-electron chi connectivity index (χ3n) is 4.93. The van der Waals surface area contributed by atoms with Crippen molar-refractivity contribution in [3.05, 3.63) is 0 Å². The van der Waals surface area contributed by atoms with E-state index >= 15 is 0 Å². The maximum atomic E-state index is 6.55. The summed E-state index contributed by atoms with van der Waals surface area (Å²) in [5.41, 5.74) is 0.173. The zero-order chi connectivity index (χ0) is 12.8.